The van der Waals surface area contributed by atoms with Gasteiger partial charge < -0.3 is 5.32 Å². The van der Waals surface area contributed by atoms with Gasteiger partial charge in [0.2, 0.25) is 0 Å². The van der Waals surface area contributed by atoms with Crippen molar-refractivity contribution in [2.45, 2.75) is 64.3 Å². The standard InChI is InChI=1S/C19H26N4O/c1-11-6-4-5-7-15(11)21-19(24)14-10-16(13-8-9-13)20-18-17(14)12(2)22-23(18)3/h10-11,13,15H,4-9H2,1-3H3,(H,21,24). The molecule has 5 heteroatoms. The minimum atomic E-state index is 0.0409. The summed E-state index contributed by atoms with van der Waals surface area (Å²) in [6, 6.07) is 2.30. The molecule has 2 fully saturated rings. The van der Waals surface area contributed by atoms with E-state index in [0.717, 1.165) is 34.4 Å². The predicted octanol–water partition coefficient (Wildman–Crippen LogP) is 3.46. The summed E-state index contributed by atoms with van der Waals surface area (Å²) in [6.45, 7) is 4.21. The number of fused-ring (bicyclic) bond motifs is 1. The van der Waals surface area contributed by atoms with Gasteiger partial charge in [0.1, 0.15) is 0 Å². The molecule has 2 aliphatic rings. The van der Waals surface area contributed by atoms with E-state index in [2.05, 4.69) is 17.3 Å². The maximum atomic E-state index is 13.1. The largest absolute Gasteiger partial charge is 0.349 e. The lowest BCUT2D eigenvalue weighted by atomic mass is 9.86. The van der Waals surface area contributed by atoms with Crippen LogP contribution < -0.4 is 5.32 Å². The third-order valence-corrected chi connectivity index (χ3v) is 5.66. The second-order valence-electron chi connectivity index (χ2n) is 7.62. The van der Waals surface area contributed by atoms with Gasteiger partial charge in [-0.05, 0) is 44.6 Å². The van der Waals surface area contributed by atoms with Gasteiger partial charge in [-0.3, -0.25) is 9.48 Å². The quantitative estimate of drug-likeness (QED) is 0.939. The zero-order chi connectivity index (χ0) is 16.8. The van der Waals surface area contributed by atoms with E-state index >= 15 is 0 Å². The number of hydrogen-bond acceptors (Lipinski definition) is 3. The van der Waals surface area contributed by atoms with Gasteiger partial charge in [-0.25, -0.2) is 4.98 Å². The predicted molar refractivity (Wildman–Crippen MR) is 94.1 cm³/mol. The number of pyridine rings is 1. The number of aromatic nitrogens is 3. The Labute approximate surface area is 142 Å². The lowest BCUT2D eigenvalue weighted by Crippen LogP contribution is -2.41. The van der Waals surface area contributed by atoms with Gasteiger partial charge >= 0.3 is 0 Å². The molecule has 2 unspecified atom stereocenters. The first-order valence-corrected chi connectivity index (χ1v) is 9.19. The van der Waals surface area contributed by atoms with E-state index in [0.29, 0.717) is 11.8 Å². The number of amides is 1. The van der Waals surface area contributed by atoms with Crippen molar-refractivity contribution in [3.63, 3.8) is 0 Å². The number of rotatable bonds is 3. The van der Waals surface area contributed by atoms with Crippen molar-refractivity contribution in [2.75, 3.05) is 0 Å². The number of hydrogen-bond donors (Lipinski definition) is 1. The molecular formula is C19H26N4O. The number of carbonyl (C=O) groups excluding carboxylic acids is 1. The number of carbonyl (C=O) groups is 1. The smallest absolute Gasteiger partial charge is 0.252 e. The second-order valence-corrected chi connectivity index (χ2v) is 7.62. The molecule has 24 heavy (non-hydrogen) atoms. The normalized spacial score (nSPS) is 24.3. The van der Waals surface area contributed by atoms with E-state index in [-0.39, 0.29) is 11.9 Å². The highest BCUT2D eigenvalue weighted by Crippen LogP contribution is 2.40. The highest BCUT2D eigenvalue weighted by molar-refractivity contribution is 6.06. The average Bonchev–Trinajstić information content (AvgIpc) is 3.36. The van der Waals surface area contributed by atoms with Crippen molar-refractivity contribution < 1.29 is 4.79 Å². The lowest BCUT2D eigenvalue weighted by Gasteiger charge is -2.29. The summed E-state index contributed by atoms with van der Waals surface area (Å²) >= 11 is 0. The molecule has 4 rings (SSSR count). The molecular weight excluding hydrogens is 300 g/mol. The fourth-order valence-electron chi connectivity index (χ4n) is 4.01. The summed E-state index contributed by atoms with van der Waals surface area (Å²) in [7, 11) is 1.91. The molecule has 5 nitrogen and oxygen atoms in total. The van der Waals surface area contributed by atoms with E-state index < -0.39 is 0 Å². The van der Waals surface area contributed by atoms with Crippen LogP contribution in [-0.4, -0.2) is 26.7 Å². The van der Waals surface area contributed by atoms with Crippen molar-refractivity contribution >= 4 is 16.9 Å². The van der Waals surface area contributed by atoms with Crippen LogP contribution in [0.15, 0.2) is 6.07 Å². The Kier molecular flexibility index (Phi) is 3.82. The van der Waals surface area contributed by atoms with Crippen LogP contribution in [0.5, 0.6) is 0 Å². The Balaban J connectivity index is 1.72. The number of nitrogens with one attached hydrogen (secondary N) is 1. The molecule has 1 N–H and O–H groups in total. The van der Waals surface area contributed by atoms with Gasteiger partial charge in [0.25, 0.3) is 5.91 Å². The molecule has 2 aliphatic carbocycles. The Hall–Kier alpha value is -1.91. The lowest BCUT2D eigenvalue weighted by molar-refractivity contribution is 0.0911. The molecule has 2 saturated carbocycles. The van der Waals surface area contributed by atoms with Crippen LogP contribution in [0.2, 0.25) is 0 Å². The number of nitrogens with zero attached hydrogens (tertiary/aromatic N) is 3. The topological polar surface area (TPSA) is 59.8 Å². The van der Waals surface area contributed by atoms with E-state index in [9.17, 15) is 4.79 Å². The van der Waals surface area contributed by atoms with Gasteiger partial charge in [-0.1, -0.05) is 19.8 Å². The van der Waals surface area contributed by atoms with Crippen LogP contribution >= 0.6 is 0 Å². The van der Waals surface area contributed by atoms with Gasteiger partial charge in [0.05, 0.1) is 16.6 Å². The van der Waals surface area contributed by atoms with Gasteiger partial charge in [0.15, 0.2) is 5.65 Å². The fraction of sp³-hybridized carbons (Fsp3) is 0.632. The minimum absolute atomic E-state index is 0.0409. The van der Waals surface area contributed by atoms with Crippen LogP contribution in [0.4, 0.5) is 0 Å². The monoisotopic (exact) mass is 326 g/mol. The Morgan fingerprint density at radius 3 is 2.71 bits per heavy atom. The molecule has 128 valence electrons. The average molecular weight is 326 g/mol. The second kappa shape index (κ2) is 5.87. The van der Waals surface area contributed by atoms with E-state index in [1.54, 1.807) is 4.68 Å². The molecule has 1 amide bonds. The van der Waals surface area contributed by atoms with E-state index in [4.69, 9.17) is 4.98 Å². The van der Waals surface area contributed by atoms with Gasteiger partial charge in [0, 0.05) is 24.7 Å². The summed E-state index contributed by atoms with van der Waals surface area (Å²) in [5.74, 6) is 1.11. The molecule has 2 aromatic rings. The molecule has 0 aliphatic heterocycles. The molecule has 0 spiro atoms. The Morgan fingerprint density at radius 2 is 2.00 bits per heavy atom. The van der Waals surface area contributed by atoms with E-state index in [1.807, 2.05) is 20.0 Å². The summed E-state index contributed by atoms with van der Waals surface area (Å²) in [5, 5.41) is 8.69. The van der Waals surface area contributed by atoms with Gasteiger partial charge in [-0.2, -0.15) is 5.10 Å². The molecule has 2 heterocycles. The first-order valence-electron chi connectivity index (χ1n) is 9.19. The zero-order valence-electron chi connectivity index (χ0n) is 14.8. The van der Waals surface area contributed by atoms with Crippen LogP contribution in [0.25, 0.3) is 11.0 Å². The zero-order valence-corrected chi connectivity index (χ0v) is 14.8. The number of aryl methyl sites for hydroxylation is 2. The molecule has 0 saturated heterocycles. The fourth-order valence-corrected chi connectivity index (χ4v) is 4.01. The SMILES string of the molecule is Cc1nn(C)c2nc(C3CC3)cc(C(=O)NC3CCCCC3C)c12. The minimum Gasteiger partial charge on any atom is -0.349 e. The Morgan fingerprint density at radius 1 is 1.25 bits per heavy atom. The van der Waals surface area contributed by atoms with Crippen molar-refractivity contribution in [1.29, 1.82) is 0 Å². The van der Waals surface area contributed by atoms with Crippen LogP contribution in [-0.2, 0) is 7.05 Å². The third-order valence-electron chi connectivity index (χ3n) is 5.66. The van der Waals surface area contributed by atoms with Crippen LogP contribution in [0.1, 0.15) is 73.1 Å². The third kappa shape index (κ3) is 2.70. The molecule has 0 radical (unpaired) electrons. The van der Waals surface area contributed by atoms with Crippen molar-refractivity contribution in [1.82, 2.24) is 20.1 Å². The summed E-state index contributed by atoms with van der Waals surface area (Å²) in [6.07, 6.45) is 7.13. The summed E-state index contributed by atoms with van der Waals surface area (Å²) < 4.78 is 1.80. The van der Waals surface area contributed by atoms with Gasteiger partial charge in [-0.15, -0.1) is 0 Å². The first kappa shape index (κ1) is 15.6. The van der Waals surface area contributed by atoms with Crippen LogP contribution in [0, 0.1) is 12.8 Å². The molecule has 0 bridgehead atoms. The maximum absolute atomic E-state index is 13.1. The van der Waals surface area contributed by atoms with Crippen molar-refractivity contribution in [2.24, 2.45) is 13.0 Å². The van der Waals surface area contributed by atoms with Crippen molar-refractivity contribution in [3.8, 4) is 0 Å². The summed E-state index contributed by atoms with van der Waals surface area (Å²) in [5.41, 5.74) is 3.51. The highest BCUT2D eigenvalue weighted by Gasteiger charge is 2.30. The van der Waals surface area contributed by atoms with Crippen LogP contribution in [0.3, 0.4) is 0 Å². The maximum Gasteiger partial charge on any atom is 0.252 e. The molecule has 2 aromatic heterocycles. The highest BCUT2D eigenvalue weighted by atomic mass is 16.1. The summed E-state index contributed by atoms with van der Waals surface area (Å²) in [4.78, 5) is 17.8. The Bertz CT molecular complexity index is 790. The van der Waals surface area contributed by atoms with E-state index in [1.165, 1.54) is 32.1 Å². The molecule has 2 atom stereocenters. The first-order chi connectivity index (χ1) is 11.5. The molecule has 0 aromatic carbocycles. The van der Waals surface area contributed by atoms with Crippen molar-refractivity contribution in [3.05, 3.63) is 23.0 Å².